The molecule has 2 bridgehead atoms. The number of rotatable bonds is 6. The van der Waals surface area contributed by atoms with Crippen LogP contribution >= 0.6 is 0 Å². The molecule has 0 aromatic heterocycles. The lowest BCUT2D eigenvalue weighted by Crippen LogP contribution is -2.40. The molecule has 2 aliphatic rings. The monoisotopic (exact) mass is 267 g/mol. The first-order valence-electron chi connectivity index (χ1n) is 7.55. The van der Waals surface area contributed by atoms with E-state index in [1.165, 1.54) is 25.7 Å². The molecule has 4 nitrogen and oxygen atoms in total. The summed E-state index contributed by atoms with van der Waals surface area (Å²) in [6.07, 6.45) is 5.76. The summed E-state index contributed by atoms with van der Waals surface area (Å²) in [7, 11) is 0. The van der Waals surface area contributed by atoms with Gasteiger partial charge < -0.3 is 10.1 Å². The fourth-order valence-electron chi connectivity index (χ4n) is 3.79. The fraction of sp³-hybridized carbons (Fsp3) is 0.867. The van der Waals surface area contributed by atoms with E-state index >= 15 is 0 Å². The second-order valence-corrected chi connectivity index (χ2v) is 6.00. The van der Waals surface area contributed by atoms with Crippen molar-refractivity contribution in [2.75, 3.05) is 6.61 Å². The lowest BCUT2D eigenvalue weighted by Gasteiger charge is -2.28. The minimum atomic E-state index is -0.287. The average Bonchev–Trinajstić information content (AvgIpc) is 2.99. The molecule has 2 fully saturated rings. The number of ether oxygens (including phenoxy) is 1. The normalized spacial score (nSPS) is 30.1. The molecule has 19 heavy (non-hydrogen) atoms. The zero-order chi connectivity index (χ0) is 13.8. The van der Waals surface area contributed by atoms with E-state index in [1.807, 2.05) is 0 Å². The van der Waals surface area contributed by atoms with Crippen LogP contribution in [0.15, 0.2) is 0 Å². The van der Waals surface area contributed by atoms with E-state index in [9.17, 15) is 9.59 Å². The van der Waals surface area contributed by atoms with Gasteiger partial charge in [0.2, 0.25) is 5.91 Å². The van der Waals surface area contributed by atoms with Crippen LogP contribution in [0.4, 0.5) is 0 Å². The topological polar surface area (TPSA) is 55.4 Å². The summed E-state index contributed by atoms with van der Waals surface area (Å²) in [5.41, 5.74) is 0. The maximum absolute atomic E-state index is 11.8. The van der Waals surface area contributed by atoms with Crippen LogP contribution in [-0.4, -0.2) is 24.5 Å². The number of esters is 1. The second kappa shape index (κ2) is 6.40. The van der Waals surface area contributed by atoms with Crippen molar-refractivity contribution in [1.82, 2.24) is 5.32 Å². The highest BCUT2D eigenvalue weighted by Gasteiger charge is 2.42. The van der Waals surface area contributed by atoms with Crippen LogP contribution in [0.25, 0.3) is 0 Å². The largest absolute Gasteiger partial charge is 0.466 e. The number of fused-ring (bicyclic) bond motifs is 2. The van der Waals surface area contributed by atoms with Gasteiger partial charge in [-0.2, -0.15) is 0 Å². The van der Waals surface area contributed by atoms with Crippen LogP contribution in [-0.2, 0) is 14.3 Å². The van der Waals surface area contributed by atoms with E-state index in [2.05, 4.69) is 12.2 Å². The highest BCUT2D eigenvalue weighted by molar-refractivity contribution is 5.81. The van der Waals surface area contributed by atoms with Gasteiger partial charge in [-0.25, -0.2) is 0 Å². The predicted octanol–water partition coefficient (Wildman–Crippen LogP) is 2.27. The van der Waals surface area contributed by atoms with Crippen molar-refractivity contribution in [3.8, 4) is 0 Å². The maximum Gasteiger partial charge on any atom is 0.306 e. The zero-order valence-electron chi connectivity index (χ0n) is 12.0. The minimum Gasteiger partial charge on any atom is -0.466 e. The first kappa shape index (κ1) is 14.4. The Hall–Kier alpha value is -1.06. The molecule has 0 spiro atoms. The third-order valence-corrected chi connectivity index (χ3v) is 4.69. The van der Waals surface area contributed by atoms with Gasteiger partial charge in [-0.15, -0.1) is 0 Å². The fourth-order valence-corrected chi connectivity index (χ4v) is 3.79. The first-order valence-corrected chi connectivity index (χ1v) is 7.55. The Balaban J connectivity index is 1.69. The van der Waals surface area contributed by atoms with Crippen molar-refractivity contribution in [1.29, 1.82) is 0 Å². The lowest BCUT2D eigenvalue weighted by atomic mass is 9.84. The molecule has 1 N–H and O–H groups in total. The summed E-state index contributed by atoms with van der Waals surface area (Å²) >= 11 is 0. The standard InChI is InChI=1S/C15H25NO3/c1-3-19-15(18)7-6-14(17)16-10(2)13-9-11-4-5-12(13)8-11/h10-13H,3-9H2,1-2H3,(H,16,17). The molecule has 2 saturated carbocycles. The Bertz CT molecular complexity index is 342. The number of carbonyl (C=O) groups is 2. The minimum absolute atomic E-state index is 0.0247. The van der Waals surface area contributed by atoms with Gasteiger partial charge in [-0.05, 0) is 50.9 Å². The van der Waals surface area contributed by atoms with Crippen LogP contribution in [0.5, 0.6) is 0 Å². The first-order chi connectivity index (χ1) is 9.10. The molecule has 0 aliphatic heterocycles. The molecule has 4 unspecified atom stereocenters. The highest BCUT2D eigenvalue weighted by Crippen LogP contribution is 2.49. The smallest absolute Gasteiger partial charge is 0.306 e. The Morgan fingerprint density at radius 1 is 1.26 bits per heavy atom. The average molecular weight is 267 g/mol. The molecule has 2 aliphatic carbocycles. The molecule has 2 rings (SSSR count). The maximum atomic E-state index is 11.8. The van der Waals surface area contributed by atoms with Crippen molar-refractivity contribution < 1.29 is 14.3 Å². The summed E-state index contributed by atoms with van der Waals surface area (Å²) in [6, 6.07) is 0.241. The van der Waals surface area contributed by atoms with Crippen molar-refractivity contribution in [3.63, 3.8) is 0 Å². The molecular weight excluding hydrogens is 242 g/mol. The molecule has 4 atom stereocenters. The van der Waals surface area contributed by atoms with Crippen molar-refractivity contribution in [3.05, 3.63) is 0 Å². The van der Waals surface area contributed by atoms with E-state index in [0.29, 0.717) is 12.5 Å². The Morgan fingerprint density at radius 3 is 2.63 bits per heavy atom. The highest BCUT2D eigenvalue weighted by atomic mass is 16.5. The van der Waals surface area contributed by atoms with Crippen LogP contribution in [0.2, 0.25) is 0 Å². The summed E-state index contributed by atoms with van der Waals surface area (Å²) in [5.74, 6) is 2.04. The summed E-state index contributed by atoms with van der Waals surface area (Å²) in [4.78, 5) is 23.0. The predicted molar refractivity (Wildman–Crippen MR) is 72.4 cm³/mol. The molecule has 4 heteroatoms. The molecular formula is C15H25NO3. The number of nitrogens with one attached hydrogen (secondary N) is 1. The number of amides is 1. The van der Waals surface area contributed by atoms with Crippen LogP contribution in [0.1, 0.15) is 52.4 Å². The van der Waals surface area contributed by atoms with Crippen molar-refractivity contribution in [2.24, 2.45) is 17.8 Å². The van der Waals surface area contributed by atoms with Crippen LogP contribution in [0.3, 0.4) is 0 Å². The summed E-state index contributed by atoms with van der Waals surface area (Å²) < 4.78 is 4.82. The van der Waals surface area contributed by atoms with Gasteiger partial charge in [0, 0.05) is 12.5 Å². The number of hydrogen-bond donors (Lipinski definition) is 1. The second-order valence-electron chi connectivity index (χ2n) is 6.00. The Kier molecular flexibility index (Phi) is 4.83. The van der Waals surface area contributed by atoms with Gasteiger partial charge in [0.05, 0.1) is 13.0 Å². The molecule has 0 aromatic rings. The third kappa shape index (κ3) is 3.71. The van der Waals surface area contributed by atoms with Crippen molar-refractivity contribution in [2.45, 2.75) is 58.4 Å². The van der Waals surface area contributed by atoms with Gasteiger partial charge >= 0.3 is 5.97 Å². The summed E-state index contributed by atoms with van der Waals surface area (Å²) in [5, 5.41) is 3.06. The van der Waals surface area contributed by atoms with Crippen molar-refractivity contribution >= 4 is 11.9 Å². The number of carbonyl (C=O) groups excluding carboxylic acids is 2. The van der Waals surface area contributed by atoms with E-state index < -0.39 is 0 Å². The molecule has 0 radical (unpaired) electrons. The molecule has 1 amide bonds. The number of hydrogen-bond acceptors (Lipinski definition) is 3. The molecule has 108 valence electrons. The van der Waals surface area contributed by atoms with E-state index in [1.54, 1.807) is 6.92 Å². The molecule has 0 saturated heterocycles. The molecule has 0 aromatic carbocycles. The molecule has 0 heterocycles. The van der Waals surface area contributed by atoms with E-state index in [0.717, 1.165) is 11.8 Å². The Labute approximate surface area is 115 Å². The zero-order valence-corrected chi connectivity index (χ0v) is 12.0. The Morgan fingerprint density at radius 2 is 2.05 bits per heavy atom. The van der Waals surface area contributed by atoms with E-state index in [-0.39, 0.29) is 30.8 Å². The SMILES string of the molecule is CCOC(=O)CCC(=O)NC(C)C1CC2CCC1C2. The van der Waals surface area contributed by atoms with Crippen LogP contribution < -0.4 is 5.32 Å². The quantitative estimate of drug-likeness (QED) is 0.751. The van der Waals surface area contributed by atoms with Gasteiger partial charge in [0.25, 0.3) is 0 Å². The van der Waals surface area contributed by atoms with Gasteiger partial charge in [0.15, 0.2) is 0 Å². The van der Waals surface area contributed by atoms with Gasteiger partial charge in [-0.3, -0.25) is 9.59 Å². The van der Waals surface area contributed by atoms with Crippen LogP contribution in [0, 0.1) is 17.8 Å². The third-order valence-electron chi connectivity index (χ3n) is 4.69. The van der Waals surface area contributed by atoms with Gasteiger partial charge in [-0.1, -0.05) is 6.42 Å². The van der Waals surface area contributed by atoms with E-state index in [4.69, 9.17) is 4.74 Å². The summed E-state index contributed by atoms with van der Waals surface area (Å²) in [6.45, 7) is 4.25. The lowest BCUT2D eigenvalue weighted by molar-refractivity contribution is -0.144. The van der Waals surface area contributed by atoms with Gasteiger partial charge in [0.1, 0.15) is 0 Å².